The maximum atomic E-state index is 5.23. The van der Waals surface area contributed by atoms with E-state index in [9.17, 15) is 0 Å². The van der Waals surface area contributed by atoms with Crippen molar-refractivity contribution in [2.45, 2.75) is 0 Å². The van der Waals surface area contributed by atoms with Crippen molar-refractivity contribution in [1.82, 2.24) is 15.0 Å². The van der Waals surface area contributed by atoms with Crippen LogP contribution in [0.4, 0.5) is 0 Å². The number of hydrogen-bond donors (Lipinski definition) is 0. The summed E-state index contributed by atoms with van der Waals surface area (Å²) in [6.07, 6.45) is 3.70. The number of nitrogens with zero attached hydrogens (tertiary/aromatic N) is 3. The van der Waals surface area contributed by atoms with Crippen LogP contribution in [0.1, 0.15) is 0 Å². The molecule has 4 heteroatoms. The van der Waals surface area contributed by atoms with Gasteiger partial charge in [-0.15, -0.1) is 11.3 Å². The van der Waals surface area contributed by atoms with Crippen molar-refractivity contribution in [3.8, 4) is 33.8 Å². The molecule has 39 heavy (non-hydrogen) atoms. The lowest BCUT2D eigenvalue weighted by molar-refractivity contribution is 1.25. The van der Waals surface area contributed by atoms with E-state index in [1.54, 1.807) is 0 Å². The summed E-state index contributed by atoms with van der Waals surface area (Å²) in [4.78, 5) is 14.4. The van der Waals surface area contributed by atoms with Gasteiger partial charge in [-0.2, -0.15) is 0 Å². The Morgan fingerprint density at radius 1 is 0.513 bits per heavy atom. The second-order valence-electron chi connectivity index (χ2n) is 9.64. The van der Waals surface area contributed by atoms with Gasteiger partial charge < -0.3 is 0 Å². The molecular weight excluding hydrogens is 494 g/mol. The number of para-hydroxylation sites is 1. The number of rotatable bonds is 3. The molecular formula is C35H21N3S. The Labute approximate surface area is 229 Å². The minimum Gasteiger partial charge on any atom is -0.255 e. The van der Waals surface area contributed by atoms with Crippen LogP contribution in [0.5, 0.6) is 0 Å². The number of benzene rings is 4. The number of aromatic nitrogens is 3. The zero-order valence-electron chi connectivity index (χ0n) is 20.9. The molecule has 0 N–H and O–H groups in total. The Morgan fingerprint density at radius 2 is 1.28 bits per heavy atom. The lowest BCUT2D eigenvalue weighted by Crippen LogP contribution is -1.92. The molecule has 0 radical (unpaired) electrons. The summed E-state index contributed by atoms with van der Waals surface area (Å²) in [5.74, 6) is 0. The van der Waals surface area contributed by atoms with E-state index in [0.29, 0.717) is 0 Å². The monoisotopic (exact) mass is 515 g/mol. The van der Waals surface area contributed by atoms with E-state index in [1.165, 1.54) is 36.5 Å². The predicted molar refractivity (Wildman–Crippen MR) is 164 cm³/mol. The first-order valence-corrected chi connectivity index (χ1v) is 13.8. The Bertz CT molecular complexity index is 2170. The summed E-state index contributed by atoms with van der Waals surface area (Å²) < 4.78 is 2.56. The summed E-state index contributed by atoms with van der Waals surface area (Å²) in [6.45, 7) is 0. The molecule has 0 saturated carbocycles. The summed E-state index contributed by atoms with van der Waals surface area (Å²) in [5, 5.41) is 6.15. The highest BCUT2D eigenvalue weighted by Gasteiger charge is 2.20. The smallest absolute Gasteiger partial charge is 0.0892 e. The molecule has 0 fully saturated rings. The van der Waals surface area contributed by atoms with Gasteiger partial charge in [-0.05, 0) is 48.0 Å². The normalized spacial score (nSPS) is 11.6. The van der Waals surface area contributed by atoms with Crippen molar-refractivity contribution >= 4 is 53.2 Å². The van der Waals surface area contributed by atoms with Crippen LogP contribution in [0.2, 0.25) is 0 Å². The molecule has 0 aliphatic rings. The van der Waals surface area contributed by atoms with Gasteiger partial charge in [0.15, 0.2) is 0 Å². The van der Waals surface area contributed by atoms with Gasteiger partial charge in [0.05, 0.1) is 22.6 Å². The van der Waals surface area contributed by atoms with Crippen LogP contribution in [0.3, 0.4) is 0 Å². The van der Waals surface area contributed by atoms with E-state index < -0.39 is 0 Å². The van der Waals surface area contributed by atoms with E-state index in [1.807, 2.05) is 41.9 Å². The fourth-order valence-corrected chi connectivity index (χ4v) is 6.86. The Hall–Kier alpha value is -4.93. The van der Waals surface area contributed by atoms with Gasteiger partial charge in [-0.1, -0.05) is 72.8 Å². The van der Waals surface area contributed by atoms with Crippen LogP contribution in [-0.4, -0.2) is 15.0 Å². The summed E-state index contributed by atoms with van der Waals surface area (Å²) in [6, 6.07) is 40.3. The van der Waals surface area contributed by atoms with Crippen LogP contribution in [-0.2, 0) is 0 Å². The highest BCUT2D eigenvalue weighted by Crippen LogP contribution is 2.47. The Morgan fingerprint density at radius 3 is 2.15 bits per heavy atom. The quantitative estimate of drug-likeness (QED) is 0.220. The van der Waals surface area contributed by atoms with Gasteiger partial charge in [-0.25, -0.2) is 4.98 Å². The van der Waals surface area contributed by atoms with E-state index in [2.05, 4.69) is 107 Å². The van der Waals surface area contributed by atoms with E-state index in [-0.39, 0.29) is 0 Å². The van der Waals surface area contributed by atoms with Crippen molar-refractivity contribution in [2.75, 3.05) is 0 Å². The fraction of sp³-hybridized carbons (Fsp3) is 0. The third kappa shape index (κ3) is 3.53. The molecule has 0 unspecified atom stereocenters. The second-order valence-corrected chi connectivity index (χ2v) is 10.7. The molecule has 4 aromatic heterocycles. The SMILES string of the molecule is c1ccc(-c2nc3ccccc3c3c2cc(-c2ccnc(-c4ccccn4)c2)c2sc4ccccc4c23)cc1. The zero-order valence-corrected chi connectivity index (χ0v) is 21.7. The van der Waals surface area contributed by atoms with E-state index >= 15 is 0 Å². The molecule has 0 saturated heterocycles. The van der Waals surface area contributed by atoms with E-state index in [0.717, 1.165) is 39.1 Å². The first-order chi connectivity index (χ1) is 19.3. The first-order valence-electron chi connectivity index (χ1n) is 12.9. The molecule has 3 nitrogen and oxygen atoms in total. The standard InChI is InChI=1S/C35H21N3S/c1-2-10-22(11-3-1)34-27-21-26(23-17-19-37-30(20-23)29-15-8-9-18-36-29)35-33(25-13-5-7-16-31(25)39-35)32(27)24-12-4-6-14-28(24)38-34/h1-21H. The fourth-order valence-electron chi connectivity index (χ4n) is 5.61. The number of pyridine rings is 3. The van der Waals surface area contributed by atoms with Gasteiger partial charge in [0.2, 0.25) is 0 Å². The summed E-state index contributed by atoms with van der Waals surface area (Å²) >= 11 is 1.85. The van der Waals surface area contributed by atoms with Crippen molar-refractivity contribution in [3.05, 3.63) is 128 Å². The maximum Gasteiger partial charge on any atom is 0.0892 e. The maximum absolute atomic E-state index is 5.23. The van der Waals surface area contributed by atoms with Gasteiger partial charge in [0.1, 0.15) is 0 Å². The highest BCUT2D eigenvalue weighted by molar-refractivity contribution is 7.26. The van der Waals surface area contributed by atoms with Crippen LogP contribution in [0.25, 0.3) is 75.6 Å². The summed E-state index contributed by atoms with van der Waals surface area (Å²) in [7, 11) is 0. The molecule has 4 heterocycles. The van der Waals surface area contributed by atoms with Crippen molar-refractivity contribution < 1.29 is 0 Å². The van der Waals surface area contributed by atoms with Gasteiger partial charge in [0, 0.05) is 59.9 Å². The average Bonchev–Trinajstić information content (AvgIpc) is 3.41. The highest BCUT2D eigenvalue weighted by atomic mass is 32.1. The molecule has 4 aromatic carbocycles. The van der Waals surface area contributed by atoms with Crippen LogP contribution in [0.15, 0.2) is 128 Å². The van der Waals surface area contributed by atoms with Crippen molar-refractivity contribution in [3.63, 3.8) is 0 Å². The van der Waals surface area contributed by atoms with E-state index in [4.69, 9.17) is 4.98 Å². The van der Waals surface area contributed by atoms with Gasteiger partial charge in [-0.3, -0.25) is 9.97 Å². The number of hydrogen-bond acceptors (Lipinski definition) is 4. The largest absolute Gasteiger partial charge is 0.255 e. The average molecular weight is 516 g/mol. The lowest BCUT2D eigenvalue weighted by Gasteiger charge is -2.15. The third-order valence-corrected chi connectivity index (χ3v) is 8.56. The van der Waals surface area contributed by atoms with Gasteiger partial charge in [0.25, 0.3) is 0 Å². The molecule has 0 bridgehead atoms. The molecule has 0 spiro atoms. The first kappa shape index (κ1) is 22.1. The Balaban J connectivity index is 1.56. The van der Waals surface area contributed by atoms with Crippen LogP contribution >= 0.6 is 11.3 Å². The number of fused-ring (bicyclic) bond motifs is 7. The minimum atomic E-state index is 0.863. The van der Waals surface area contributed by atoms with Crippen molar-refractivity contribution in [2.24, 2.45) is 0 Å². The third-order valence-electron chi connectivity index (χ3n) is 7.35. The molecule has 8 aromatic rings. The molecule has 0 aliphatic carbocycles. The van der Waals surface area contributed by atoms with Crippen LogP contribution < -0.4 is 0 Å². The van der Waals surface area contributed by atoms with Crippen molar-refractivity contribution in [1.29, 1.82) is 0 Å². The molecule has 182 valence electrons. The van der Waals surface area contributed by atoms with Gasteiger partial charge >= 0.3 is 0 Å². The van der Waals surface area contributed by atoms with Crippen LogP contribution in [0, 0.1) is 0 Å². The Kier molecular flexibility index (Phi) is 5.00. The topological polar surface area (TPSA) is 38.7 Å². The second kappa shape index (κ2) is 8.83. The number of thiophene rings is 1. The molecule has 0 aliphatic heterocycles. The molecule has 0 amide bonds. The molecule has 8 rings (SSSR count). The predicted octanol–water partition coefficient (Wildman–Crippen LogP) is 9.55. The minimum absolute atomic E-state index is 0.863. The summed E-state index contributed by atoms with van der Waals surface area (Å²) in [5.41, 5.74) is 7.16. The lowest BCUT2D eigenvalue weighted by atomic mass is 9.92. The zero-order chi connectivity index (χ0) is 25.8. The molecule has 0 atom stereocenters.